The van der Waals surface area contributed by atoms with E-state index in [1.165, 1.54) is 38.0 Å². The monoisotopic (exact) mass is 459 g/mol. The van der Waals surface area contributed by atoms with Gasteiger partial charge in [0.05, 0.1) is 0 Å². The van der Waals surface area contributed by atoms with Crippen LogP contribution >= 0.6 is 18.6 Å². The first kappa shape index (κ1) is 28.8. The maximum absolute atomic E-state index is 12.0. The van der Waals surface area contributed by atoms with Crippen LogP contribution in [0.25, 0.3) is 0 Å². The van der Waals surface area contributed by atoms with Gasteiger partial charge < -0.3 is 5.32 Å². The minimum absolute atomic E-state index is 0.0747. The van der Waals surface area contributed by atoms with E-state index in [1.54, 1.807) is 0 Å². The zero-order chi connectivity index (χ0) is 21.1. The summed E-state index contributed by atoms with van der Waals surface area (Å²) in [5, 5.41) is 3.05. The van der Waals surface area contributed by atoms with E-state index in [0.29, 0.717) is 6.42 Å². The summed E-state index contributed by atoms with van der Waals surface area (Å²) < 4.78 is 0. The molecule has 0 spiro atoms. The molecule has 2 nitrogen and oxygen atoms in total. The zero-order valence-corrected chi connectivity index (χ0v) is 20.6. The Hall–Kier alpha value is 0.764. The molecule has 0 aliphatic heterocycles. The number of nitrogens with one attached hydrogen (secondary N) is 1. The van der Waals surface area contributed by atoms with Gasteiger partial charge in [0.2, 0.25) is 5.91 Å². The summed E-state index contributed by atoms with van der Waals surface area (Å²) in [7, 11) is 9.78. The molecule has 5 heteroatoms. The Bertz CT molecular complexity index is 349. The van der Waals surface area contributed by atoms with E-state index in [1.807, 2.05) is 44.9 Å². The van der Waals surface area contributed by atoms with Crippen LogP contribution in [0.3, 0.4) is 0 Å². The van der Waals surface area contributed by atoms with Crippen molar-refractivity contribution in [2.75, 3.05) is 6.54 Å². The molecule has 1 amide bonds. The fourth-order valence-corrected chi connectivity index (χ4v) is 2.85. The molecule has 2 fully saturated rings. The summed E-state index contributed by atoms with van der Waals surface area (Å²) in [4.78, 5) is 12.0. The van der Waals surface area contributed by atoms with Crippen LogP contribution in [0.2, 0.25) is 0 Å². The van der Waals surface area contributed by atoms with E-state index in [2.05, 4.69) is 38.9 Å². The summed E-state index contributed by atoms with van der Waals surface area (Å²) in [5.41, 5.74) is -0.0747. The van der Waals surface area contributed by atoms with E-state index in [-0.39, 0.29) is 11.3 Å². The first-order valence-electron chi connectivity index (χ1n) is 10.1. The number of hydrogen-bond acceptors (Lipinski definition) is 1. The molecule has 2 rings (SSSR count). The van der Waals surface area contributed by atoms with Gasteiger partial charge in [0.25, 0.3) is 0 Å². The molecule has 2 aliphatic carbocycles. The number of carbonyl (C=O) groups excluding carboxylic acids is 1. The van der Waals surface area contributed by atoms with Crippen LogP contribution in [0.1, 0.15) is 65.7 Å². The molecule has 0 aromatic rings. The molecule has 0 aromatic heterocycles. The van der Waals surface area contributed by atoms with E-state index in [4.69, 9.17) is 18.6 Å². The van der Waals surface area contributed by atoms with Gasteiger partial charge in [-0.25, -0.2) is 0 Å². The first-order valence-corrected chi connectivity index (χ1v) is 14.4. The van der Waals surface area contributed by atoms with Crippen LogP contribution in [0.4, 0.5) is 0 Å². The average Bonchev–Trinajstić information content (AvgIpc) is 3.37. The molecule has 0 saturated heterocycles. The van der Waals surface area contributed by atoms with Gasteiger partial charge in [-0.3, -0.25) is 4.79 Å². The number of hydrogen-bond donors (Lipinski definition) is 1. The molecule has 1 N–H and O–H groups in total. The molecular formula is C23H35Cl2NOTi. The Morgan fingerprint density at radius 2 is 1.36 bits per heavy atom. The standard InChI is InChI=1S/C18H30NO.C5H5.2ClH.Ti/c1-4-5-6-7-8-11-14-19-17(20)15-18(2,3)16-12-9-10-13-16;1-2-4-5-3-1;;;/h9-10,12-13H,4-8,11,14-15H2,1-3H3,(H,19,20);1-5H;2*1H;/q;;;;+2/p-2. The zero-order valence-electron chi connectivity index (χ0n) is 17.5. The SMILES string of the molecule is CCCCCCCCNC(=O)CC(C)(C)[C]1[CH][CH][CH][CH]1.[CH]1[CH][CH][CH][CH]1.[Cl][Ti][Cl]. The van der Waals surface area contributed by atoms with E-state index < -0.39 is 17.0 Å². The van der Waals surface area contributed by atoms with Crippen molar-refractivity contribution in [1.29, 1.82) is 0 Å². The Labute approximate surface area is 192 Å². The molecule has 2 aliphatic rings. The molecule has 0 heterocycles. The van der Waals surface area contributed by atoms with Gasteiger partial charge in [0.15, 0.2) is 0 Å². The molecule has 10 radical (unpaired) electrons. The molecular weight excluding hydrogens is 425 g/mol. The first-order chi connectivity index (χ1) is 13.5. The van der Waals surface area contributed by atoms with Crippen LogP contribution in [0, 0.1) is 69.1 Å². The number of unbranched alkanes of at least 4 members (excludes halogenated alkanes) is 5. The number of rotatable bonds is 10. The van der Waals surface area contributed by atoms with E-state index in [0.717, 1.165) is 13.0 Å². The van der Waals surface area contributed by atoms with Gasteiger partial charge in [-0.1, -0.05) is 52.9 Å². The van der Waals surface area contributed by atoms with Crippen LogP contribution in [0.5, 0.6) is 0 Å². The minimum atomic E-state index is -0.556. The van der Waals surface area contributed by atoms with E-state index in [9.17, 15) is 4.79 Å². The fourth-order valence-electron chi connectivity index (χ4n) is 2.85. The maximum atomic E-state index is 12.0. The van der Waals surface area contributed by atoms with Crippen LogP contribution < -0.4 is 5.32 Å². The third kappa shape index (κ3) is 16.5. The fraction of sp³-hybridized carbons (Fsp3) is 0.522. The van der Waals surface area contributed by atoms with Crippen molar-refractivity contribution in [2.45, 2.75) is 65.7 Å². The summed E-state index contributed by atoms with van der Waals surface area (Å²) in [6.45, 7) is 7.32. The van der Waals surface area contributed by atoms with Gasteiger partial charge >= 0.3 is 35.6 Å². The van der Waals surface area contributed by atoms with Crippen LogP contribution in [-0.4, -0.2) is 12.5 Å². The normalized spacial score (nSPS) is 16.6. The second-order valence-corrected chi connectivity index (χ2v) is 9.96. The molecule has 0 atom stereocenters. The predicted molar refractivity (Wildman–Crippen MR) is 118 cm³/mol. The van der Waals surface area contributed by atoms with Crippen molar-refractivity contribution < 1.29 is 21.8 Å². The number of carbonyl (C=O) groups is 1. The van der Waals surface area contributed by atoms with Gasteiger partial charge in [-0.05, 0) is 75.5 Å². The topological polar surface area (TPSA) is 29.1 Å². The Balaban J connectivity index is 0.000000755. The molecule has 0 aromatic carbocycles. The third-order valence-electron chi connectivity index (χ3n) is 4.45. The van der Waals surface area contributed by atoms with Crippen molar-refractivity contribution in [3.05, 3.63) is 63.7 Å². The molecule has 28 heavy (non-hydrogen) atoms. The van der Waals surface area contributed by atoms with Crippen molar-refractivity contribution in [1.82, 2.24) is 5.32 Å². The molecule has 0 unspecified atom stereocenters. The van der Waals surface area contributed by atoms with Gasteiger partial charge in [-0.15, -0.1) is 0 Å². The van der Waals surface area contributed by atoms with Crippen molar-refractivity contribution in [3.8, 4) is 0 Å². The van der Waals surface area contributed by atoms with Crippen molar-refractivity contribution >= 4 is 24.5 Å². The molecule has 156 valence electrons. The Morgan fingerprint density at radius 3 is 1.86 bits per heavy atom. The van der Waals surface area contributed by atoms with Crippen molar-refractivity contribution in [3.63, 3.8) is 0 Å². The average molecular weight is 460 g/mol. The Kier molecular flexibility index (Phi) is 20.2. The summed E-state index contributed by atoms with van der Waals surface area (Å²) in [6.07, 6.45) is 26.4. The van der Waals surface area contributed by atoms with Crippen molar-refractivity contribution in [2.24, 2.45) is 5.41 Å². The second-order valence-electron chi connectivity index (χ2n) is 7.39. The summed E-state index contributed by atoms with van der Waals surface area (Å²) >= 11 is -0.556. The predicted octanol–water partition coefficient (Wildman–Crippen LogP) is 6.68. The summed E-state index contributed by atoms with van der Waals surface area (Å²) in [5.74, 6) is 1.41. The number of halogens is 2. The van der Waals surface area contributed by atoms with Gasteiger partial charge in [0, 0.05) is 13.0 Å². The number of amides is 1. The van der Waals surface area contributed by atoms with Crippen LogP contribution in [-0.2, 0) is 21.8 Å². The van der Waals surface area contributed by atoms with E-state index >= 15 is 0 Å². The third-order valence-corrected chi connectivity index (χ3v) is 4.45. The molecule has 0 bridgehead atoms. The quantitative estimate of drug-likeness (QED) is 0.286. The van der Waals surface area contributed by atoms with Gasteiger partial charge in [-0.2, -0.15) is 0 Å². The summed E-state index contributed by atoms with van der Waals surface area (Å²) in [6, 6.07) is 0. The second kappa shape index (κ2) is 19.7. The molecule has 2 saturated carbocycles. The Morgan fingerprint density at radius 1 is 0.893 bits per heavy atom. The van der Waals surface area contributed by atoms with Gasteiger partial charge in [0.1, 0.15) is 0 Å². The van der Waals surface area contributed by atoms with Crippen LogP contribution in [0.15, 0.2) is 0 Å².